The van der Waals surface area contributed by atoms with Gasteiger partial charge in [-0.1, -0.05) is 103 Å². The lowest BCUT2D eigenvalue weighted by Crippen LogP contribution is -1.91. The normalized spacial score (nSPS) is 11.6. The van der Waals surface area contributed by atoms with E-state index >= 15 is 0 Å². The highest BCUT2D eigenvalue weighted by atomic mass is 14.8. The molecular weight excluding hydrogens is 534 g/mol. The number of fused-ring (bicyclic) bond motifs is 6. The second kappa shape index (κ2) is 9.82. The molecule has 0 amide bonds. The number of hydrogen-bond donors (Lipinski definition) is 0. The molecule has 0 bridgehead atoms. The average molecular weight is 560 g/mol. The van der Waals surface area contributed by atoms with Crippen LogP contribution in [0.4, 0.5) is 0 Å². The summed E-state index contributed by atoms with van der Waals surface area (Å²) in [7, 11) is 0. The third-order valence-electron chi connectivity index (χ3n) is 8.57. The molecular formula is C41H25N3. The SMILES string of the molecule is c1cc(-c2ccc3nc4ccccc4cc3c2)cc(-c2ccc3ccc4ccc(-c5ccc6ccccc6c5)nc4c3n2)c1. The molecule has 0 atom stereocenters. The first-order chi connectivity index (χ1) is 21.7. The maximum atomic E-state index is 5.20. The van der Waals surface area contributed by atoms with Gasteiger partial charge in [0.15, 0.2) is 0 Å². The molecule has 0 saturated heterocycles. The third kappa shape index (κ3) is 4.18. The first-order valence-electron chi connectivity index (χ1n) is 14.9. The molecule has 3 heteroatoms. The average Bonchev–Trinajstić information content (AvgIpc) is 3.09. The van der Waals surface area contributed by atoms with E-state index in [9.17, 15) is 0 Å². The van der Waals surface area contributed by atoms with Crippen LogP contribution in [0.15, 0.2) is 152 Å². The van der Waals surface area contributed by atoms with Crippen LogP contribution in [0, 0.1) is 0 Å². The lowest BCUT2D eigenvalue weighted by atomic mass is 9.99. The lowest BCUT2D eigenvalue weighted by molar-refractivity contribution is 1.37. The quantitative estimate of drug-likeness (QED) is 0.160. The highest BCUT2D eigenvalue weighted by Gasteiger charge is 2.11. The van der Waals surface area contributed by atoms with Gasteiger partial charge in [-0.05, 0) is 70.4 Å². The molecule has 0 aliphatic carbocycles. The molecule has 0 N–H and O–H groups in total. The van der Waals surface area contributed by atoms with Gasteiger partial charge in [0.25, 0.3) is 0 Å². The van der Waals surface area contributed by atoms with Crippen molar-refractivity contribution in [1.29, 1.82) is 0 Å². The minimum absolute atomic E-state index is 0.914. The van der Waals surface area contributed by atoms with Crippen molar-refractivity contribution in [2.75, 3.05) is 0 Å². The van der Waals surface area contributed by atoms with Crippen LogP contribution in [0.5, 0.6) is 0 Å². The van der Waals surface area contributed by atoms with Crippen molar-refractivity contribution in [3.05, 3.63) is 152 Å². The molecule has 0 aliphatic heterocycles. The van der Waals surface area contributed by atoms with Gasteiger partial charge in [0.2, 0.25) is 0 Å². The van der Waals surface area contributed by atoms with Crippen LogP contribution in [0.3, 0.4) is 0 Å². The van der Waals surface area contributed by atoms with Gasteiger partial charge in [-0.3, -0.25) is 0 Å². The van der Waals surface area contributed by atoms with Gasteiger partial charge in [-0.25, -0.2) is 15.0 Å². The summed E-state index contributed by atoms with van der Waals surface area (Å²) < 4.78 is 0. The summed E-state index contributed by atoms with van der Waals surface area (Å²) in [5.74, 6) is 0. The monoisotopic (exact) mass is 559 g/mol. The zero-order chi connectivity index (χ0) is 29.0. The molecule has 3 aromatic heterocycles. The highest BCUT2D eigenvalue weighted by Crippen LogP contribution is 2.32. The van der Waals surface area contributed by atoms with Crippen LogP contribution in [-0.2, 0) is 0 Å². The van der Waals surface area contributed by atoms with Crippen molar-refractivity contribution in [2.45, 2.75) is 0 Å². The summed E-state index contributed by atoms with van der Waals surface area (Å²) in [6.45, 7) is 0. The maximum Gasteiger partial charge on any atom is 0.0972 e. The molecule has 0 radical (unpaired) electrons. The fourth-order valence-electron chi connectivity index (χ4n) is 6.26. The van der Waals surface area contributed by atoms with Gasteiger partial charge >= 0.3 is 0 Å². The number of benzene rings is 6. The molecule has 9 rings (SSSR count). The fraction of sp³-hybridized carbons (Fsp3) is 0. The zero-order valence-corrected chi connectivity index (χ0v) is 23.8. The van der Waals surface area contributed by atoms with E-state index < -0.39 is 0 Å². The first-order valence-corrected chi connectivity index (χ1v) is 14.9. The predicted molar refractivity (Wildman–Crippen MR) is 184 cm³/mol. The van der Waals surface area contributed by atoms with Crippen LogP contribution in [0.1, 0.15) is 0 Å². The summed E-state index contributed by atoms with van der Waals surface area (Å²) in [5, 5.41) is 6.88. The number of aromatic nitrogens is 3. The largest absolute Gasteiger partial charge is 0.248 e. The molecule has 204 valence electrons. The van der Waals surface area contributed by atoms with Gasteiger partial charge in [0, 0.05) is 32.7 Å². The van der Waals surface area contributed by atoms with E-state index in [0.717, 1.165) is 77.3 Å². The van der Waals surface area contributed by atoms with Crippen LogP contribution in [0.25, 0.3) is 88.0 Å². The summed E-state index contributed by atoms with van der Waals surface area (Å²) in [5.41, 5.74) is 10.2. The zero-order valence-electron chi connectivity index (χ0n) is 23.8. The molecule has 0 unspecified atom stereocenters. The molecule has 0 aliphatic rings. The minimum Gasteiger partial charge on any atom is -0.248 e. The van der Waals surface area contributed by atoms with E-state index in [-0.39, 0.29) is 0 Å². The smallest absolute Gasteiger partial charge is 0.0972 e. The lowest BCUT2D eigenvalue weighted by Gasteiger charge is -2.10. The Balaban J connectivity index is 1.14. The van der Waals surface area contributed by atoms with Crippen molar-refractivity contribution >= 4 is 54.4 Å². The van der Waals surface area contributed by atoms with Gasteiger partial charge in [-0.15, -0.1) is 0 Å². The van der Waals surface area contributed by atoms with Crippen molar-refractivity contribution in [3.8, 4) is 33.6 Å². The topological polar surface area (TPSA) is 38.7 Å². The summed E-state index contributed by atoms with van der Waals surface area (Å²) >= 11 is 0. The Morgan fingerprint density at radius 1 is 0.273 bits per heavy atom. The van der Waals surface area contributed by atoms with E-state index in [0.29, 0.717) is 0 Å². The van der Waals surface area contributed by atoms with Gasteiger partial charge in [0.1, 0.15) is 0 Å². The Morgan fingerprint density at radius 2 is 0.818 bits per heavy atom. The fourth-order valence-corrected chi connectivity index (χ4v) is 6.26. The summed E-state index contributed by atoms with van der Waals surface area (Å²) in [4.78, 5) is 15.2. The number of pyridine rings is 3. The molecule has 6 aromatic carbocycles. The van der Waals surface area contributed by atoms with Crippen LogP contribution in [0.2, 0.25) is 0 Å². The second-order valence-corrected chi connectivity index (χ2v) is 11.3. The van der Waals surface area contributed by atoms with Crippen LogP contribution in [-0.4, -0.2) is 15.0 Å². The van der Waals surface area contributed by atoms with Gasteiger partial charge < -0.3 is 0 Å². The van der Waals surface area contributed by atoms with Crippen LogP contribution >= 0.6 is 0 Å². The summed E-state index contributed by atoms with van der Waals surface area (Å²) in [6, 6.07) is 53.4. The predicted octanol–water partition coefficient (Wildman–Crippen LogP) is 10.6. The van der Waals surface area contributed by atoms with E-state index in [2.05, 4.69) is 146 Å². The van der Waals surface area contributed by atoms with Crippen molar-refractivity contribution in [2.24, 2.45) is 0 Å². The van der Waals surface area contributed by atoms with E-state index in [1.807, 2.05) is 6.07 Å². The van der Waals surface area contributed by atoms with E-state index in [4.69, 9.17) is 15.0 Å². The molecule has 0 spiro atoms. The molecule has 44 heavy (non-hydrogen) atoms. The second-order valence-electron chi connectivity index (χ2n) is 11.3. The number of nitrogens with zero attached hydrogens (tertiary/aromatic N) is 3. The third-order valence-corrected chi connectivity index (χ3v) is 8.57. The molecule has 3 heterocycles. The Kier molecular flexibility index (Phi) is 5.50. The van der Waals surface area contributed by atoms with E-state index in [1.54, 1.807) is 0 Å². The Bertz CT molecular complexity index is 2570. The number of para-hydroxylation sites is 1. The van der Waals surface area contributed by atoms with Gasteiger partial charge in [-0.2, -0.15) is 0 Å². The standard InChI is InChI=1S/C41H25N3/c1-2-7-29-22-34(15-12-26(29)6-1)38-20-17-28-14-13-27-16-19-37(43-40(27)41(28)44-38)33-10-5-9-30(23-33)31-18-21-39-35(24-31)25-32-8-3-4-11-36(32)42-39/h1-25H. The van der Waals surface area contributed by atoms with Crippen molar-refractivity contribution in [3.63, 3.8) is 0 Å². The first kappa shape index (κ1) is 24.6. The van der Waals surface area contributed by atoms with E-state index in [1.165, 1.54) is 10.8 Å². The minimum atomic E-state index is 0.914. The molecule has 0 fully saturated rings. The Labute approximate surface area is 254 Å². The van der Waals surface area contributed by atoms with Crippen molar-refractivity contribution in [1.82, 2.24) is 15.0 Å². The highest BCUT2D eigenvalue weighted by molar-refractivity contribution is 6.04. The summed E-state index contributed by atoms with van der Waals surface area (Å²) in [6.07, 6.45) is 0. The molecule has 0 saturated carbocycles. The molecule has 3 nitrogen and oxygen atoms in total. The maximum absolute atomic E-state index is 5.20. The number of rotatable bonds is 3. The van der Waals surface area contributed by atoms with Gasteiger partial charge in [0.05, 0.1) is 33.5 Å². The number of hydrogen-bond acceptors (Lipinski definition) is 3. The Hall–Kier alpha value is -5.93. The van der Waals surface area contributed by atoms with Crippen LogP contribution < -0.4 is 0 Å². The van der Waals surface area contributed by atoms with Crippen molar-refractivity contribution < 1.29 is 0 Å². The molecule has 9 aromatic rings. The Morgan fingerprint density at radius 3 is 1.61 bits per heavy atom.